The van der Waals surface area contributed by atoms with E-state index in [1.54, 1.807) is 39.8 Å². The molecule has 2 atom stereocenters. The molecule has 0 aromatic heterocycles. The van der Waals surface area contributed by atoms with Crippen LogP contribution < -0.4 is 26.6 Å². The number of amides is 5. The normalized spacial score (nSPS) is 13.2. The van der Waals surface area contributed by atoms with E-state index in [0.29, 0.717) is 44.7 Å². The molecule has 5 N–H and O–H groups in total. The van der Waals surface area contributed by atoms with Crippen molar-refractivity contribution in [1.29, 1.82) is 0 Å². The van der Waals surface area contributed by atoms with Crippen molar-refractivity contribution in [2.45, 2.75) is 120 Å². The predicted octanol–water partition coefficient (Wildman–Crippen LogP) is 7.52. The summed E-state index contributed by atoms with van der Waals surface area (Å²) in [5, 5.41) is 13.6. The molecule has 1 rings (SSSR count). The standard InChI is InChI=1S/C39H67N5O10/c1-26(2)52-35(47)42-22-29(6)20-38(8,9)16-18-40-33(45)50-24-32(54-37(49)44-31-14-12-28(5)13-15-31)25-51-34(46)41-19-17-39(10,11)21-30(7)23-43-36(48)53-27(3)4/h12-15,26-27,29-30,32H,16-25H2,1-11H3,(H,40,45)(H,41,46)(H,42,47)(H,43,48)(H,44,49). The summed E-state index contributed by atoms with van der Waals surface area (Å²) >= 11 is 0. The van der Waals surface area contributed by atoms with E-state index in [9.17, 15) is 24.0 Å². The van der Waals surface area contributed by atoms with Crippen LogP contribution in [0, 0.1) is 29.6 Å². The van der Waals surface area contributed by atoms with Gasteiger partial charge in [0.15, 0.2) is 6.10 Å². The summed E-state index contributed by atoms with van der Waals surface area (Å²) in [6.07, 6.45) is -1.72. The van der Waals surface area contributed by atoms with Gasteiger partial charge in [-0.05, 0) is 95.1 Å². The van der Waals surface area contributed by atoms with Crippen molar-refractivity contribution in [3.8, 4) is 0 Å². The van der Waals surface area contributed by atoms with E-state index in [1.165, 1.54) is 0 Å². The van der Waals surface area contributed by atoms with Gasteiger partial charge >= 0.3 is 30.5 Å². The van der Waals surface area contributed by atoms with Gasteiger partial charge in [0, 0.05) is 31.9 Å². The number of aryl methyl sites for hydroxylation is 1. The number of hydrogen-bond acceptors (Lipinski definition) is 10. The molecule has 0 bridgehead atoms. The first-order valence-corrected chi connectivity index (χ1v) is 18.9. The van der Waals surface area contributed by atoms with Gasteiger partial charge < -0.3 is 45.0 Å². The molecule has 15 heteroatoms. The molecule has 15 nitrogen and oxygen atoms in total. The molecule has 308 valence electrons. The van der Waals surface area contributed by atoms with Crippen LogP contribution >= 0.6 is 0 Å². The Labute approximate surface area is 322 Å². The van der Waals surface area contributed by atoms with E-state index in [-0.39, 0.29) is 48.1 Å². The Morgan fingerprint density at radius 2 is 0.981 bits per heavy atom. The van der Waals surface area contributed by atoms with Crippen LogP contribution in [0.25, 0.3) is 0 Å². The summed E-state index contributed by atoms with van der Waals surface area (Å²) in [5.74, 6) is 0.359. The number of benzene rings is 1. The van der Waals surface area contributed by atoms with Gasteiger partial charge in [0.05, 0.1) is 12.2 Å². The topological polar surface area (TPSA) is 192 Å². The summed E-state index contributed by atoms with van der Waals surface area (Å²) in [7, 11) is 0. The maximum absolute atomic E-state index is 12.7. The van der Waals surface area contributed by atoms with E-state index >= 15 is 0 Å². The third-order valence-corrected chi connectivity index (χ3v) is 8.19. The smallest absolute Gasteiger partial charge is 0.412 e. The first kappa shape index (κ1) is 47.6. The Bertz CT molecular complexity index is 1240. The van der Waals surface area contributed by atoms with E-state index < -0.39 is 36.6 Å². The highest BCUT2D eigenvalue weighted by atomic mass is 16.6. The minimum absolute atomic E-state index is 0.148. The van der Waals surface area contributed by atoms with Crippen LogP contribution in [-0.4, -0.2) is 88.2 Å². The van der Waals surface area contributed by atoms with Crippen molar-refractivity contribution in [3.05, 3.63) is 29.8 Å². The first-order chi connectivity index (χ1) is 25.1. The lowest BCUT2D eigenvalue weighted by Crippen LogP contribution is -2.37. The first-order valence-electron chi connectivity index (χ1n) is 18.9. The summed E-state index contributed by atoms with van der Waals surface area (Å²) < 4.78 is 26.4. The Hall–Kier alpha value is -4.43. The van der Waals surface area contributed by atoms with Crippen molar-refractivity contribution >= 4 is 36.2 Å². The molecule has 5 amide bonds. The molecule has 0 saturated carbocycles. The zero-order chi connectivity index (χ0) is 40.9. The fourth-order valence-electron chi connectivity index (χ4n) is 5.76. The van der Waals surface area contributed by atoms with Crippen LogP contribution in [0.3, 0.4) is 0 Å². The molecular formula is C39H67N5O10. The molecule has 0 heterocycles. The zero-order valence-corrected chi connectivity index (χ0v) is 34.3. The minimum atomic E-state index is -1.09. The van der Waals surface area contributed by atoms with E-state index in [1.807, 2.05) is 32.9 Å². The Balaban J connectivity index is 2.62. The highest BCUT2D eigenvalue weighted by Gasteiger charge is 2.25. The van der Waals surface area contributed by atoms with Crippen molar-refractivity contribution < 1.29 is 47.7 Å². The number of nitrogens with one attached hydrogen (secondary N) is 5. The van der Waals surface area contributed by atoms with E-state index in [4.69, 9.17) is 23.7 Å². The third kappa shape index (κ3) is 24.0. The SMILES string of the molecule is Cc1ccc(NC(=O)OC(COC(=O)NCCC(C)(C)CC(C)CNC(=O)OC(C)C)COC(=O)NCCC(C)(C)CC(C)CNC(=O)OC(C)C)cc1. The van der Waals surface area contributed by atoms with E-state index in [2.05, 4.69) is 54.3 Å². The van der Waals surface area contributed by atoms with Gasteiger partial charge in [0.25, 0.3) is 0 Å². The fourth-order valence-corrected chi connectivity index (χ4v) is 5.76. The number of carbonyl (C=O) groups is 5. The second kappa shape index (κ2) is 24.1. The predicted molar refractivity (Wildman–Crippen MR) is 207 cm³/mol. The summed E-state index contributed by atoms with van der Waals surface area (Å²) in [4.78, 5) is 61.5. The van der Waals surface area contributed by atoms with Gasteiger partial charge in [-0.3, -0.25) is 5.32 Å². The Morgan fingerprint density at radius 3 is 1.37 bits per heavy atom. The largest absolute Gasteiger partial charge is 0.447 e. The maximum Gasteiger partial charge on any atom is 0.412 e. The summed E-state index contributed by atoms with van der Waals surface area (Å²) in [6, 6.07) is 7.11. The van der Waals surface area contributed by atoms with Gasteiger partial charge in [0.1, 0.15) is 13.2 Å². The Morgan fingerprint density at radius 1 is 0.574 bits per heavy atom. The lowest BCUT2D eigenvalue weighted by Gasteiger charge is -2.28. The van der Waals surface area contributed by atoms with Gasteiger partial charge in [-0.25, -0.2) is 24.0 Å². The molecule has 54 heavy (non-hydrogen) atoms. The monoisotopic (exact) mass is 765 g/mol. The molecule has 1 aromatic rings. The molecule has 0 aliphatic heterocycles. The van der Waals surface area contributed by atoms with Gasteiger partial charge in [0.2, 0.25) is 0 Å². The molecule has 1 aromatic carbocycles. The maximum atomic E-state index is 12.7. The Kier molecular flexibility index (Phi) is 21.2. The van der Waals surface area contributed by atoms with Crippen LogP contribution in [0.15, 0.2) is 24.3 Å². The van der Waals surface area contributed by atoms with Crippen LogP contribution in [0.1, 0.15) is 100 Å². The number of alkyl carbamates (subject to hydrolysis) is 4. The molecule has 0 aliphatic rings. The van der Waals surface area contributed by atoms with Crippen molar-refractivity contribution in [2.24, 2.45) is 22.7 Å². The fraction of sp³-hybridized carbons (Fsp3) is 0.718. The highest BCUT2D eigenvalue weighted by molar-refractivity contribution is 5.84. The minimum Gasteiger partial charge on any atom is -0.447 e. The van der Waals surface area contributed by atoms with Gasteiger partial charge in [-0.2, -0.15) is 0 Å². The molecule has 0 spiro atoms. The third-order valence-electron chi connectivity index (χ3n) is 8.19. The highest BCUT2D eigenvalue weighted by Crippen LogP contribution is 2.29. The van der Waals surface area contributed by atoms with Crippen molar-refractivity contribution in [3.63, 3.8) is 0 Å². The molecule has 2 unspecified atom stereocenters. The van der Waals surface area contributed by atoms with Crippen LogP contribution in [0.4, 0.5) is 29.7 Å². The molecule has 0 aliphatic carbocycles. The van der Waals surface area contributed by atoms with Gasteiger partial charge in [-0.1, -0.05) is 59.2 Å². The number of carbonyl (C=O) groups excluding carboxylic acids is 5. The average Bonchev–Trinajstić information content (AvgIpc) is 3.04. The molecular weight excluding hydrogens is 698 g/mol. The molecule has 0 saturated heterocycles. The van der Waals surface area contributed by atoms with E-state index in [0.717, 1.165) is 18.4 Å². The quantitative estimate of drug-likeness (QED) is 0.0738. The van der Waals surface area contributed by atoms with Crippen LogP contribution in [-0.2, 0) is 23.7 Å². The second-order valence-corrected chi connectivity index (χ2v) is 16.2. The summed E-state index contributed by atoms with van der Waals surface area (Å²) in [6.45, 7) is 22.4. The molecule has 0 fully saturated rings. The van der Waals surface area contributed by atoms with Gasteiger partial charge in [-0.15, -0.1) is 0 Å². The number of rotatable bonds is 22. The number of hydrogen-bond donors (Lipinski definition) is 5. The number of ether oxygens (including phenoxy) is 5. The second-order valence-electron chi connectivity index (χ2n) is 16.2. The van der Waals surface area contributed by atoms with Crippen LogP contribution in [0.2, 0.25) is 0 Å². The number of anilines is 1. The van der Waals surface area contributed by atoms with Crippen molar-refractivity contribution in [2.75, 3.05) is 44.7 Å². The lowest BCUT2D eigenvalue weighted by atomic mass is 9.80. The zero-order valence-electron chi connectivity index (χ0n) is 34.3. The average molecular weight is 766 g/mol. The lowest BCUT2D eigenvalue weighted by molar-refractivity contribution is 0.0121. The van der Waals surface area contributed by atoms with Crippen molar-refractivity contribution in [1.82, 2.24) is 21.3 Å². The summed E-state index contributed by atoms with van der Waals surface area (Å²) in [5.41, 5.74) is 1.23. The molecule has 0 radical (unpaired) electrons. The van der Waals surface area contributed by atoms with Crippen LogP contribution in [0.5, 0.6) is 0 Å².